The van der Waals surface area contributed by atoms with Gasteiger partial charge in [-0.15, -0.1) is 0 Å². The van der Waals surface area contributed by atoms with E-state index in [0.717, 1.165) is 4.68 Å². The highest BCUT2D eigenvalue weighted by molar-refractivity contribution is 5.22. The number of nitrogens with zero attached hydrogens (tertiary/aromatic N) is 3. The fraction of sp³-hybridized carbons (Fsp3) is 0.111. The van der Waals surface area contributed by atoms with Crippen molar-refractivity contribution in [3.05, 3.63) is 50.9 Å². The van der Waals surface area contributed by atoms with Crippen LogP contribution in [0.25, 0.3) is 0 Å². The fourth-order valence-corrected chi connectivity index (χ4v) is 1.19. The van der Waals surface area contributed by atoms with E-state index >= 15 is 0 Å². The number of nitrogens with two attached hydrogens (primary N) is 1. The van der Waals surface area contributed by atoms with Gasteiger partial charge in [0.1, 0.15) is 5.82 Å². The maximum absolute atomic E-state index is 11.4. The molecule has 0 spiro atoms. The van der Waals surface area contributed by atoms with E-state index in [1.165, 1.54) is 24.5 Å². The first-order valence-electron chi connectivity index (χ1n) is 4.52. The van der Waals surface area contributed by atoms with Crippen molar-refractivity contribution in [1.29, 1.82) is 0 Å². The van der Waals surface area contributed by atoms with E-state index in [2.05, 4.69) is 15.1 Å². The van der Waals surface area contributed by atoms with Crippen molar-refractivity contribution in [1.82, 2.24) is 19.7 Å². The first kappa shape index (κ1) is 10.1. The SMILES string of the molecule is Nc1cnc(Cn2[nH]c(=O)ccc2=O)cn1. The molecule has 0 saturated carbocycles. The van der Waals surface area contributed by atoms with Crippen LogP contribution in [0.4, 0.5) is 5.82 Å². The summed E-state index contributed by atoms with van der Waals surface area (Å²) in [5.74, 6) is 0.303. The summed E-state index contributed by atoms with van der Waals surface area (Å²) in [5, 5.41) is 2.39. The van der Waals surface area contributed by atoms with Gasteiger partial charge >= 0.3 is 0 Å². The normalized spacial score (nSPS) is 10.2. The molecule has 7 nitrogen and oxygen atoms in total. The highest BCUT2D eigenvalue weighted by Gasteiger charge is 2.00. The Morgan fingerprint density at radius 2 is 2.06 bits per heavy atom. The van der Waals surface area contributed by atoms with Gasteiger partial charge in [0.2, 0.25) is 0 Å². The standard InChI is InChI=1S/C9H9N5O2/c10-7-4-11-6(3-12-7)5-14-9(16)2-1-8(15)13-14/h1-4H,5H2,(H2,10,12)(H,13,15). The first-order chi connectivity index (χ1) is 7.65. The van der Waals surface area contributed by atoms with E-state index < -0.39 is 0 Å². The number of nitrogens with one attached hydrogen (secondary N) is 1. The highest BCUT2D eigenvalue weighted by Crippen LogP contribution is 1.96. The molecule has 16 heavy (non-hydrogen) atoms. The van der Waals surface area contributed by atoms with Crippen LogP contribution in [0.1, 0.15) is 5.69 Å². The number of anilines is 1. The highest BCUT2D eigenvalue weighted by atomic mass is 16.1. The molecule has 0 aliphatic carbocycles. The van der Waals surface area contributed by atoms with Gasteiger partial charge in [-0.1, -0.05) is 0 Å². The summed E-state index contributed by atoms with van der Waals surface area (Å²) in [6, 6.07) is 2.37. The third-order valence-corrected chi connectivity index (χ3v) is 1.93. The molecule has 0 saturated heterocycles. The minimum atomic E-state index is -0.344. The van der Waals surface area contributed by atoms with Gasteiger partial charge in [0.15, 0.2) is 0 Å². The predicted molar refractivity (Wildman–Crippen MR) is 56.9 cm³/mol. The summed E-state index contributed by atoms with van der Waals surface area (Å²) in [6.45, 7) is 0.155. The van der Waals surface area contributed by atoms with Gasteiger partial charge in [-0.2, -0.15) is 0 Å². The van der Waals surface area contributed by atoms with Gasteiger partial charge in [0.05, 0.1) is 24.6 Å². The summed E-state index contributed by atoms with van der Waals surface area (Å²) in [6.07, 6.45) is 2.84. The lowest BCUT2D eigenvalue weighted by Gasteiger charge is -2.03. The van der Waals surface area contributed by atoms with Gasteiger partial charge in [-0.25, -0.2) is 9.67 Å². The number of aromatic amines is 1. The third kappa shape index (κ3) is 2.14. The number of H-pyrrole nitrogens is 1. The topological polar surface area (TPSA) is 107 Å². The molecule has 0 radical (unpaired) electrons. The van der Waals surface area contributed by atoms with Crippen LogP contribution >= 0.6 is 0 Å². The van der Waals surface area contributed by atoms with Gasteiger partial charge in [0, 0.05) is 12.1 Å². The molecule has 2 aromatic rings. The minimum Gasteiger partial charge on any atom is -0.382 e. The maximum Gasteiger partial charge on any atom is 0.265 e. The predicted octanol–water partition coefficient (Wildman–Crippen LogP) is -1.04. The van der Waals surface area contributed by atoms with Crippen molar-refractivity contribution in [2.45, 2.75) is 6.54 Å². The number of rotatable bonds is 2. The van der Waals surface area contributed by atoms with Gasteiger partial charge in [-0.3, -0.25) is 19.7 Å². The van der Waals surface area contributed by atoms with Crippen LogP contribution in [0, 0.1) is 0 Å². The van der Waals surface area contributed by atoms with E-state index in [4.69, 9.17) is 5.73 Å². The molecule has 2 heterocycles. The van der Waals surface area contributed by atoms with Gasteiger partial charge < -0.3 is 5.73 Å². The Kier molecular flexibility index (Phi) is 2.50. The minimum absolute atomic E-state index is 0.155. The van der Waals surface area contributed by atoms with Crippen LogP contribution in [-0.4, -0.2) is 19.7 Å². The van der Waals surface area contributed by atoms with E-state index in [0.29, 0.717) is 11.5 Å². The maximum atomic E-state index is 11.4. The zero-order chi connectivity index (χ0) is 11.5. The molecule has 2 rings (SSSR count). The Morgan fingerprint density at radius 3 is 2.75 bits per heavy atom. The monoisotopic (exact) mass is 219 g/mol. The van der Waals surface area contributed by atoms with Crippen LogP contribution in [0.15, 0.2) is 34.1 Å². The summed E-state index contributed by atoms with van der Waals surface area (Å²) in [4.78, 5) is 30.2. The van der Waals surface area contributed by atoms with E-state index in [-0.39, 0.29) is 17.7 Å². The fourth-order valence-electron chi connectivity index (χ4n) is 1.19. The lowest BCUT2D eigenvalue weighted by atomic mass is 10.4. The molecule has 0 bridgehead atoms. The second kappa shape index (κ2) is 3.97. The van der Waals surface area contributed by atoms with Crippen molar-refractivity contribution in [2.24, 2.45) is 0 Å². The van der Waals surface area contributed by atoms with Crippen molar-refractivity contribution >= 4 is 5.82 Å². The van der Waals surface area contributed by atoms with Gasteiger partial charge in [0.25, 0.3) is 11.1 Å². The zero-order valence-electron chi connectivity index (χ0n) is 8.25. The van der Waals surface area contributed by atoms with Crippen molar-refractivity contribution < 1.29 is 0 Å². The number of nitrogen functional groups attached to an aromatic ring is 1. The van der Waals surface area contributed by atoms with E-state index in [1.54, 1.807) is 0 Å². The summed E-state index contributed by atoms with van der Waals surface area (Å²) in [7, 11) is 0. The molecule has 3 N–H and O–H groups in total. The molecular formula is C9H9N5O2. The molecule has 82 valence electrons. The third-order valence-electron chi connectivity index (χ3n) is 1.93. The Morgan fingerprint density at radius 1 is 1.25 bits per heavy atom. The zero-order valence-corrected chi connectivity index (χ0v) is 8.25. The number of hydrogen-bond donors (Lipinski definition) is 2. The quantitative estimate of drug-likeness (QED) is 0.670. The molecule has 0 amide bonds. The first-order valence-corrected chi connectivity index (χ1v) is 4.52. The average Bonchev–Trinajstić information content (AvgIpc) is 2.27. The lowest BCUT2D eigenvalue weighted by molar-refractivity contribution is 0.615. The smallest absolute Gasteiger partial charge is 0.265 e. The second-order valence-corrected chi connectivity index (χ2v) is 3.17. The van der Waals surface area contributed by atoms with Crippen molar-refractivity contribution in [3.63, 3.8) is 0 Å². The van der Waals surface area contributed by atoms with Crippen molar-refractivity contribution in [3.8, 4) is 0 Å². The largest absolute Gasteiger partial charge is 0.382 e. The van der Waals surface area contributed by atoms with E-state index in [9.17, 15) is 9.59 Å². The molecule has 0 aliphatic rings. The number of aromatic nitrogens is 4. The molecule has 2 aromatic heterocycles. The molecule has 0 aromatic carbocycles. The van der Waals surface area contributed by atoms with Gasteiger partial charge in [-0.05, 0) is 0 Å². The molecular weight excluding hydrogens is 210 g/mol. The summed E-state index contributed by atoms with van der Waals surface area (Å²) < 4.78 is 1.16. The van der Waals surface area contributed by atoms with Crippen LogP contribution in [0.2, 0.25) is 0 Å². The van der Waals surface area contributed by atoms with Crippen LogP contribution in [-0.2, 0) is 6.54 Å². The van der Waals surface area contributed by atoms with Crippen LogP contribution in [0.3, 0.4) is 0 Å². The summed E-state index contributed by atoms with van der Waals surface area (Å²) >= 11 is 0. The second-order valence-electron chi connectivity index (χ2n) is 3.17. The molecule has 0 fully saturated rings. The number of hydrogen-bond acceptors (Lipinski definition) is 5. The Balaban J connectivity index is 2.33. The van der Waals surface area contributed by atoms with Crippen LogP contribution < -0.4 is 16.9 Å². The van der Waals surface area contributed by atoms with E-state index in [1.807, 2.05) is 0 Å². The Labute approximate surface area is 89.6 Å². The summed E-state index contributed by atoms with van der Waals surface area (Å²) in [5.41, 5.74) is 5.26. The molecule has 7 heteroatoms. The lowest BCUT2D eigenvalue weighted by Crippen LogP contribution is -2.28. The molecule has 0 unspecified atom stereocenters. The van der Waals surface area contributed by atoms with Crippen molar-refractivity contribution in [2.75, 3.05) is 5.73 Å². The molecule has 0 atom stereocenters. The van der Waals surface area contributed by atoms with Crippen LogP contribution in [0.5, 0.6) is 0 Å². The molecule has 0 aliphatic heterocycles. The Hall–Kier alpha value is -2.44. The average molecular weight is 219 g/mol. The Bertz CT molecular complexity index is 598.